The van der Waals surface area contributed by atoms with Gasteiger partial charge < -0.3 is 11.1 Å². The van der Waals surface area contributed by atoms with E-state index in [0.29, 0.717) is 6.42 Å². The molecular weight excluding hydrogens is 290 g/mol. The van der Waals surface area contributed by atoms with Gasteiger partial charge in [-0.25, -0.2) is 13.1 Å². The Morgan fingerprint density at radius 1 is 1.29 bits per heavy atom. The monoisotopic (exact) mass is 313 g/mol. The van der Waals surface area contributed by atoms with Crippen LogP contribution in [0.1, 0.15) is 33.6 Å². The highest BCUT2D eigenvalue weighted by molar-refractivity contribution is 7.89. The fourth-order valence-corrected chi connectivity index (χ4v) is 2.92. The molecule has 4 N–H and O–H groups in total. The lowest BCUT2D eigenvalue weighted by atomic mass is 10.00. The number of nitrogens with one attached hydrogen (secondary N) is 2. The summed E-state index contributed by atoms with van der Waals surface area (Å²) in [5.41, 5.74) is 5.67. The highest BCUT2D eigenvalue weighted by Gasteiger charge is 2.19. The Morgan fingerprint density at radius 2 is 1.90 bits per heavy atom. The highest BCUT2D eigenvalue weighted by Crippen LogP contribution is 2.21. The maximum absolute atomic E-state index is 12.1. The number of hydrogen-bond acceptors (Lipinski definition) is 4. The van der Waals surface area contributed by atoms with Gasteiger partial charge in [0.15, 0.2) is 0 Å². The van der Waals surface area contributed by atoms with Crippen molar-refractivity contribution in [3.8, 4) is 0 Å². The fraction of sp³-hybridized carbons (Fsp3) is 0.500. The van der Waals surface area contributed by atoms with Crippen LogP contribution in [0.25, 0.3) is 0 Å². The number of hydrogen-bond donors (Lipinski definition) is 3. The molecule has 0 aliphatic carbocycles. The van der Waals surface area contributed by atoms with Crippen LogP contribution in [0.2, 0.25) is 0 Å². The Balaban J connectivity index is 2.88. The van der Waals surface area contributed by atoms with E-state index in [1.165, 1.54) is 6.07 Å². The predicted octanol–water partition coefficient (Wildman–Crippen LogP) is 1.44. The minimum absolute atomic E-state index is 0.0622. The van der Waals surface area contributed by atoms with Gasteiger partial charge in [-0.3, -0.25) is 4.79 Å². The molecule has 6 nitrogen and oxygen atoms in total. The molecule has 118 valence electrons. The van der Waals surface area contributed by atoms with Crippen molar-refractivity contribution >= 4 is 21.6 Å². The van der Waals surface area contributed by atoms with Gasteiger partial charge in [-0.05, 0) is 32.4 Å². The van der Waals surface area contributed by atoms with Gasteiger partial charge in [0.05, 0.1) is 5.69 Å². The van der Waals surface area contributed by atoms with E-state index in [2.05, 4.69) is 10.0 Å². The number of para-hydroxylation sites is 1. The summed E-state index contributed by atoms with van der Waals surface area (Å²) >= 11 is 0. The predicted molar refractivity (Wildman–Crippen MR) is 83.4 cm³/mol. The van der Waals surface area contributed by atoms with E-state index >= 15 is 0 Å². The van der Waals surface area contributed by atoms with Crippen LogP contribution < -0.4 is 15.8 Å². The Bertz CT molecular complexity index is 592. The van der Waals surface area contributed by atoms with Crippen LogP contribution in [0.5, 0.6) is 0 Å². The van der Waals surface area contributed by atoms with E-state index in [1.54, 1.807) is 25.1 Å². The molecule has 0 heterocycles. The molecule has 1 amide bonds. The second-order valence-electron chi connectivity index (χ2n) is 5.53. The number of sulfonamides is 1. The van der Waals surface area contributed by atoms with Crippen molar-refractivity contribution < 1.29 is 13.2 Å². The van der Waals surface area contributed by atoms with Crippen LogP contribution in [-0.2, 0) is 14.8 Å². The van der Waals surface area contributed by atoms with Gasteiger partial charge in [0, 0.05) is 18.5 Å². The summed E-state index contributed by atoms with van der Waals surface area (Å²) in [6.45, 7) is 5.65. The summed E-state index contributed by atoms with van der Waals surface area (Å²) < 4.78 is 26.5. The molecular formula is C14H23N3O3S. The van der Waals surface area contributed by atoms with Crippen molar-refractivity contribution in [2.45, 2.75) is 44.0 Å². The SMILES string of the molecule is CCNS(=O)(=O)c1ccccc1NC(=O)CCC(C)(C)N. The van der Waals surface area contributed by atoms with Crippen LogP contribution in [0, 0.1) is 0 Å². The Morgan fingerprint density at radius 3 is 2.48 bits per heavy atom. The Kier molecular flexibility index (Phi) is 5.88. The van der Waals surface area contributed by atoms with Crippen molar-refractivity contribution in [3.63, 3.8) is 0 Å². The lowest BCUT2D eigenvalue weighted by Crippen LogP contribution is -2.33. The normalized spacial score (nSPS) is 12.2. The molecule has 0 aliphatic rings. The smallest absolute Gasteiger partial charge is 0.242 e. The Hall–Kier alpha value is -1.44. The first-order chi connectivity index (χ1) is 9.65. The number of nitrogens with two attached hydrogens (primary N) is 1. The summed E-state index contributed by atoms with van der Waals surface area (Å²) in [4.78, 5) is 12.0. The van der Waals surface area contributed by atoms with Crippen molar-refractivity contribution in [2.24, 2.45) is 5.73 Å². The number of anilines is 1. The number of benzene rings is 1. The lowest BCUT2D eigenvalue weighted by molar-refractivity contribution is -0.116. The first-order valence-electron chi connectivity index (χ1n) is 6.83. The standard InChI is InChI=1S/C14H23N3O3S/c1-4-16-21(19,20)12-8-6-5-7-11(12)17-13(18)9-10-14(2,3)15/h5-8,16H,4,9-10,15H2,1-3H3,(H,17,18). The third kappa shape index (κ3) is 5.82. The Labute approximate surface area is 126 Å². The van der Waals surface area contributed by atoms with Gasteiger partial charge in [-0.2, -0.15) is 0 Å². The van der Waals surface area contributed by atoms with Crippen LogP contribution >= 0.6 is 0 Å². The van der Waals surface area contributed by atoms with Gasteiger partial charge in [0.2, 0.25) is 15.9 Å². The molecule has 1 aromatic carbocycles. The second-order valence-corrected chi connectivity index (χ2v) is 7.27. The van der Waals surface area contributed by atoms with E-state index in [0.717, 1.165) is 0 Å². The molecule has 0 bridgehead atoms. The molecule has 0 spiro atoms. The zero-order valence-corrected chi connectivity index (χ0v) is 13.5. The first-order valence-corrected chi connectivity index (χ1v) is 8.31. The maximum atomic E-state index is 12.1. The summed E-state index contributed by atoms with van der Waals surface area (Å²) in [6.07, 6.45) is 0.750. The average molecular weight is 313 g/mol. The molecule has 0 atom stereocenters. The quantitative estimate of drug-likeness (QED) is 0.709. The second kappa shape index (κ2) is 7.02. The fourth-order valence-electron chi connectivity index (χ4n) is 1.72. The maximum Gasteiger partial charge on any atom is 0.242 e. The van der Waals surface area contributed by atoms with Gasteiger partial charge in [0.1, 0.15) is 4.90 Å². The average Bonchev–Trinajstić information content (AvgIpc) is 2.36. The van der Waals surface area contributed by atoms with Crippen molar-refractivity contribution in [3.05, 3.63) is 24.3 Å². The number of carbonyl (C=O) groups excluding carboxylic acids is 1. The van der Waals surface area contributed by atoms with Gasteiger partial charge >= 0.3 is 0 Å². The topological polar surface area (TPSA) is 101 Å². The van der Waals surface area contributed by atoms with Crippen LogP contribution in [0.15, 0.2) is 29.2 Å². The minimum atomic E-state index is -3.62. The van der Waals surface area contributed by atoms with Gasteiger partial charge in [0.25, 0.3) is 0 Å². The molecule has 1 rings (SSSR count). The molecule has 21 heavy (non-hydrogen) atoms. The molecule has 0 saturated heterocycles. The van der Waals surface area contributed by atoms with Crippen molar-refractivity contribution in [1.29, 1.82) is 0 Å². The zero-order chi connectivity index (χ0) is 16.1. The minimum Gasteiger partial charge on any atom is -0.326 e. The number of carbonyl (C=O) groups is 1. The molecule has 0 unspecified atom stereocenters. The molecule has 0 radical (unpaired) electrons. The zero-order valence-electron chi connectivity index (χ0n) is 12.6. The lowest BCUT2D eigenvalue weighted by Gasteiger charge is -2.18. The number of rotatable bonds is 7. The summed E-state index contributed by atoms with van der Waals surface area (Å²) in [5, 5.41) is 2.63. The van der Waals surface area contributed by atoms with Crippen molar-refractivity contribution in [1.82, 2.24) is 4.72 Å². The van der Waals surface area contributed by atoms with E-state index in [4.69, 9.17) is 5.73 Å². The van der Waals surface area contributed by atoms with Gasteiger partial charge in [-0.15, -0.1) is 0 Å². The van der Waals surface area contributed by atoms with Crippen molar-refractivity contribution in [2.75, 3.05) is 11.9 Å². The molecule has 0 fully saturated rings. The molecule has 0 aliphatic heterocycles. The van der Waals surface area contributed by atoms with E-state index in [-0.39, 0.29) is 29.5 Å². The molecule has 0 saturated carbocycles. The third-order valence-electron chi connectivity index (χ3n) is 2.78. The molecule has 7 heteroatoms. The van der Waals surface area contributed by atoms with E-state index in [1.807, 2.05) is 13.8 Å². The summed E-state index contributed by atoms with van der Waals surface area (Å²) in [6, 6.07) is 6.31. The molecule has 1 aromatic rings. The van der Waals surface area contributed by atoms with Crippen LogP contribution in [0.3, 0.4) is 0 Å². The first kappa shape index (κ1) is 17.6. The van der Waals surface area contributed by atoms with Crippen LogP contribution in [0.4, 0.5) is 5.69 Å². The summed E-state index contributed by atoms with van der Waals surface area (Å²) in [7, 11) is -3.62. The third-order valence-corrected chi connectivity index (χ3v) is 4.39. The summed E-state index contributed by atoms with van der Waals surface area (Å²) in [5.74, 6) is -0.257. The van der Waals surface area contributed by atoms with Crippen LogP contribution in [-0.4, -0.2) is 26.4 Å². The number of amides is 1. The molecule has 0 aromatic heterocycles. The van der Waals surface area contributed by atoms with E-state index < -0.39 is 15.6 Å². The van der Waals surface area contributed by atoms with E-state index in [9.17, 15) is 13.2 Å². The highest BCUT2D eigenvalue weighted by atomic mass is 32.2. The van der Waals surface area contributed by atoms with Gasteiger partial charge in [-0.1, -0.05) is 19.1 Å². The largest absolute Gasteiger partial charge is 0.326 e.